The first-order chi connectivity index (χ1) is 11.4. The molecule has 0 N–H and O–H groups in total. The largest absolute Gasteiger partial charge is 0.462 e. The average molecular weight is 328 g/mol. The van der Waals surface area contributed by atoms with Gasteiger partial charge in [-0.25, -0.2) is 0 Å². The fourth-order valence-electron chi connectivity index (χ4n) is 5.81. The highest BCUT2D eigenvalue weighted by Crippen LogP contribution is 2.59. The molecule has 0 amide bonds. The van der Waals surface area contributed by atoms with Gasteiger partial charge in [-0.2, -0.15) is 0 Å². The Hall–Kier alpha value is -1.71. The van der Waals surface area contributed by atoms with Gasteiger partial charge in [0.05, 0.1) is 0 Å². The van der Waals surface area contributed by atoms with E-state index >= 15 is 0 Å². The van der Waals surface area contributed by atoms with E-state index in [1.165, 1.54) is 6.92 Å². The number of fused-ring (bicyclic) bond motifs is 5. The zero-order valence-corrected chi connectivity index (χ0v) is 14.3. The Kier molecular flexibility index (Phi) is 3.55. The van der Waals surface area contributed by atoms with Gasteiger partial charge in [0.1, 0.15) is 11.9 Å². The highest BCUT2D eigenvalue weighted by molar-refractivity contribution is 5.92. The number of esters is 1. The second-order valence-electron chi connectivity index (χ2n) is 8.11. The quantitative estimate of drug-likeness (QED) is 0.694. The minimum absolute atomic E-state index is 0.185. The van der Waals surface area contributed by atoms with Crippen molar-refractivity contribution >= 4 is 17.5 Å². The van der Waals surface area contributed by atoms with E-state index in [2.05, 4.69) is 19.1 Å². The molecule has 0 saturated heterocycles. The van der Waals surface area contributed by atoms with E-state index in [1.54, 1.807) is 6.08 Å². The number of carbonyl (C=O) groups is 3. The van der Waals surface area contributed by atoms with Crippen molar-refractivity contribution in [2.45, 2.75) is 52.1 Å². The number of carbonyl (C=O) groups excluding carboxylic acids is 3. The topological polar surface area (TPSA) is 60.4 Å². The number of hydrogen-bond donors (Lipinski definition) is 0. The maximum atomic E-state index is 12.5. The number of allylic oxidation sites excluding steroid dienone is 4. The third kappa shape index (κ3) is 2.22. The molecule has 4 nitrogen and oxygen atoms in total. The molecule has 128 valence electrons. The van der Waals surface area contributed by atoms with Crippen molar-refractivity contribution in [3.63, 3.8) is 0 Å². The minimum Gasteiger partial charge on any atom is -0.462 e. The molecular formula is C20H24O4. The smallest absolute Gasteiger partial charge is 0.302 e. The normalized spacial score (nSPS) is 43.6. The standard InChI is InChI=1S/C20H24O4/c1-11(21)24-17-10-20(2)16(7-8-18(20)23)15-5-3-12-9-13(22)4-6-14(12)19(15)17/h3,5,9,14-17,19H,4,6-8,10H2,1-2H3/t14-,15-,16-,17+,19+,20-/m0/s1. The number of hydrogen-bond acceptors (Lipinski definition) is 4. The molecule has 0 aromatic rings. The van der Waals surface area contributed by atoms with E-state index in [-0.39, 0.29) is 41.0 Å². The summed E-state index contributed by atoms with van der Waals surface area (Å²) in [7, 11) is 0. The van der Waals surface area contributed by atoms with Crippen molar-refractivity contribution < 1.29 is 19.1 Å². The summed E-state index contributed by atoms with van der Waals surface area (Å²) < 4.78 is 5.72. The van der Waals surface area contributed by atoms with Gasteiger partial charge in [-0.05, 0) is 48.7 Å². The lowest BCUT2D eigenvalue weighted by Gasteiger charge is -2.52. The van der Waals surface area contributed by atoms with E-state index in [1.807, 2.05) is 0 Å². The van der Waals surface area contributed by atoms with E-state index < -0.39 is 0 Å². The minimum atomic E-state index is -0.378. The van der Waals surface area contributed by atoms with Crippen LogP contribution >= 0.6 is 0 Å². The van der Waals surface area contributed by atoms with Crippen LogP contribution in [0.3, 0.4) is 0 Å². The molecule has 2 fully saturated rings. The van der Waals surface area contributed by atoms with E-state index in [0.29, 0.717) is 31.0 Å². The number of ketones is 2. The Bertz CT molecular complexity index is 673. The maximum Gasteiger partial charge on any atom is 0.302 e. The van der Waals surface area contributed by atoms with Gasteiger partial charge < -0.3 is 4.74 Å². The van der Waals surface area contributed by atoms with Crippen LogP contribution in [-0.2, 0) is 19.1 Å². The molecule has 0 unspecified atom stereocenters. The fraction of sp³-hybridized carbons (Fsp3) is 0.650. The SMILES string of the molecule is CC(=O)O[C@@H]1C[C@]2(C)C(=O)CC[C@H]2[C@@H]2C=CC3=CC(=O)CC[C@@H]3[C@H]21. The third-order valence-electron chi connectivity index (χ3n) is 6.85. The van der Waals surface area contributed by atoms with Crippen molar-refractivity contribution in [2.24, 2.45) is 29.1 Å². The fourth-order valence-corrected chi connectivity index (χ4v) is 5.81. The molecular weight excluding hydrogens is 304 g/mol. The Morgan fingerprint density at radius 3 is 2.79 bits per heavy atom. The Balaban J connectivity index is 1.77. The molecule has 4 rings (SSSR count). The molecule has 0 bridgehead atoms. The summed E-state index contributed by atoms with van der Waals surface area (Å²) in [5, 5.41) is 0. The summed E-state index contributed by atoms with van der Waals surface area (Å²) in [5.74, 6) is 1.27. The van der Waals surface area contributed by atoms with Crippen LogP contribution in [0.2, 0.25) is 0 Å². The molecule has 0 aliphatic heterocycles. The summed E-state index contributed by atoms with van der Waals surface area (Å²) >= 11 is 0. The van der Waals surface area contributed by atoms with Crippen LogP contribution in [-0.4, -0.2) is 23.6 Å². The van der Waals surface area contributed by atoms with Gasteiger partial charge in [-0.15, -0.1) is 0 Å². The van der Waals surface area contributed by atoms with Crippen LogP contribution in [0.1, 0.15) is 46.0 Å². The predicted octanol–water partition coefficient (Wildman–Crippen LogP) is 3.01. The van der Waals surface area contributed by atoms with E-state index in [0.717, 1.165) is 18.4 Å². The summed E-state index contributed by atoms with van der Waals surface area (Å²) in [6.07, 6.45) is 9.38. The Morgan fingerprint density at radius 1 is 1.25 bits per heavy atom. The second-order valence-corrected chi connectivity index (χ2v) is 8.11. The summed E-state index contributed by atoms with van der Waals surface area (Å²) in [5.41, 5.74) is 0.703. The van der Waals surface area contributed by atoms with Gasteiger partial charge in [0.2, 0.25) is 0 Å². The van der Waals surface area contributed by atoms with Crippen molar-refractivity contribution in [1.29, 1.82) is 0 Å². The average Bonchev–Trinajstić information content (AvgIpc) is 2.81. The molecule has 4 heteroatoms. The number of rotatable bonds is 1. The van der Waals surface area contributed by atoms with Gasteiger partial charge in [-0.3, -0.25) is 14.4 Å². The van der Waals surface area contributed by atoms with Crippen LogP contribution in [0, 0.1) is 29.1 Å². The third-order valence-corrected chi connectivity index (χ3v) is 6.85. The monoisotopic (exact) mass is 328 g/mol. The van der Waals surface area contributed by atoms with Crippen LogP contribution in [0.5, 0.6) is 0 Å². The number of ether oxygens (including phenoxy) is 1. The molecule has 0 heterocycles. The molecule has 2 saturated carbocycles. The molecule has 0 aromatic heterocycles. The van der Waals surface area contributed by atoms with Crippen molar-refractivity contribution in [3.05, 3.63) is 23.8 Å². The van der Waals surface area contributed by atoms with Crippen molar-refractivity contribution in [1.82, 2.24) is 0 Å². The van der Waals surface area contributed by atoms with Crippen molar-refractivity contribution in [3.8, 4) is 0 Å². The molecule has 0 radical (unpaired) electrons. The molecule has 4 aliphatic carbocycles. The van der Waals surface area contributed by atoms with Crippen LogP contribution in [0.4, 0.5) is 0 Å². The maximum absolute atomic E-state index is 12.5. The first kappa shape index (κ1) is 15.8. The lowest BCUT2D eigenvalue weighted by molar-refractivity contribution is -0.164. The first-order valence-corrected chi connectivity index (χ1v) is 9.03. The Labute approximate surface area is 142 Å². The first-order valence-electron chi connectivity index (χ1n) is 9.03. The predicted molar refractivity (Wildman–Crippen MR) is 87.9 cm³/mol. The highest BCUT2D eigenvalue weighted by atomic mass is 16.5. The second kappa shape index (κ2) is 5.40. The van der Waals surface area contributed by atoms with E-state index in [4.69, 9.17) is 4.74 Å². The van der Waals surface area contributed by atoms with Gasteiger partial charge >= 0.3 is 5.97 Å². The van der Waals surface area contributed by atoms with Gasteiger partial charge in [0.25, 0.3) is 0 Å². The van der Waals surface area contributed by atoms with Crippen LogP contribution in [0.15, 0.2) is 23.8 Å². The molecule has 24 heavy (non-hydrogen) atoms. The lowest BCUT2D eigenvalue weighted by Crippen LogP contribution is -2.53. The summed E-state index contributed by atoms with van der Waals surface area (Å²) in [6.45, 7) is 3.50. The summed E-state index contributed by atoms with van der Waals surface area (Å²) in [6, 6.07) is 0. The van der Waals surface area contributed by atoms with Crippen molar-refractivity contribution in [2.75, 3.05) is 0 Å². The molecule has 6 atom stereocenters. The number of Topliss-reactive ketones (excluding diaryl/α,β-unsaturated/α-hetero) is 1. The highest BCUT2D eigenvalue weighted by Gasteiger charge is 2.59. The van der Waals surface area contributed by atoms with Gasteiger partial charge in [-0.1, -0.05) is 19.1 Å². The van der Waals surface area contributed by atoms with E-state index in [9.17, 15) is 14.4 Å². The lowest BCUT2D eigenvalue weighted by atomic mass is 9.53. The van der Waals surface area contributed by atoms with Crippen LogP contribution in [0.25, 0.3) is 0 Å². The zero-order chi connectivity index (χ0) is 17.1. The van der Waals surface area contributed by atoms with Gasteiger partial charge in [0, 0.05) is 31.1 Å². The molecule has 0 spiro atoms. The Morgan fingerprint density at radius 2 is 2.04 bits per heavy atom. The van der Waals surface area contributed by atoms with Crippen LogP contribution < -0.4 is 0 Å². The zero-order valence-electron chi connectivity index (χ0n) is 14.3. The molecule has 0 aromatic carbocycles. The molecule has 4 aliphatic rings. The van der Waals surface area contributed by atoms with Gasteiger partial charge in [0.15, 0.2) is 5.78 Å². The summed E-state index contributed by atoms with van der Waals surface area (Å²) in [4.78, 5) is 36.0.